The van der Waals surface area contributed by atoms with Crippen LogP contribution in [0.3, 0.4) is 0 Å². The van der Waals surface area contributed by atoms with Gasteiger partial charge in [-0.25, -0.2) is 0 Å². The summed E-state index contributed by atoms with van der Waals surface area (Å²) in [4.78, 5) is 10.4. The molecule has 94 valence electrons. The molecule has 2 atom stereocenters. The lowest BCUT2D eigenvalue weighted by molar-refractivity contribution is -0.162. The monoisotopic (exact) mass is 232 g/mol. The molecule has 0 bridgehead atoms. The van der Waals surface area contributed by atoms with Crippen molar-refractivity contribution in [3.63, 3.8) is 0 Å². The molecule has 1 aliphatic rings. The fraction of sp³-hybridized carbons (Fsp3) is 0.909. The summed E-state index contributed by atoms with van der Waals surface area (Å²) in [6, 6.07) is 0. The summed E-state index contributed by atoms with van der Waals surface area (Å²) in [5, 5.41) is 8.56. The highest BCUT2D eigenvalue weighted by Gasteiger charge is 2.36. The normalized spacial score (nSPS) is 29.5. The van der Waals surface area contributed by atoms with E-state index < -0.39 is 11.8 Å². The number of carboxylic acid groups (broad SMARTS) is 1. The summed E-state index contributed by atoms with van der Waals surface area (Å²) < 4.78 is 16.2. The largest absolute Gasteiger partial charge is 0.481 e. The molecule has 0 amide bonds. The molecule has 1 N–H and O–H groups in total. The minimum absolute atomic E-state index is 0.0938. The van der Waals surface area contributed by atoms with E-state index in [0.717, 1.165) is 12.8 Å². The fourth-order valence-electron chi connectivity index (χ4n) is 1.79. The highest BCUT2D eigenvalue weighted by molar-refractivity contribution is 5.66. The molecule has 0 saturated carbocycles. The first-order valence-corrected chi connectivity index (χ1v) is 5.58. The van der Waals surface area contributed by atoms with Gasteiger partial charge in [-0.15, -0.1) is 0 Å². The average Bonchev–Trinajstić information content (AvgIpc) is 2.58. The van der Waals surface area contributed by atoms with Crippen LogP contribution in [0.4, 0.5) is 0 Å². The summed E-state index contributed by atoms with van der Waals surface area (Å²) in [7, 11) is 1.66. The van der Waals surface area contributed by atoms with Gasteiger partial charge in [-0.05, 0) is 19.8 Å². The number of ether oxygens (including phenoxy) is 3. The van der Waals surface area contributed by atoms with E-state index in [0.29, 0.717) is 19.6 Å². The average molecular weight is 232 g/mol. The van der Waals surface area contributed by atoms with E-state index >= 15 is 0 Å². The predicted molar refractivity (Wildman–Crippen MR) is 57.2 cm³/mol. The van der Waals surface area contributed by atoms with E-state index in [1.54, 1.807) is 7.11 Å². The van der Waals surface area contributed by atoms with Gasteiger partial charge in [0.25, 0.3) is 0 Å². The van der Waals surface area contributed by atoms with Crippen LogP contribution in [0.15, 0.2) is 0 Å². The molecule has 5 heteroatoms. The van der Waals surface area contributed by atoms with E-state index in [-0.39, 0.29) is 12.5 Å². The minimum Gasteiger partial charge on any atom is -0.481 e. The highest BCUT2D eigenvalue weighted by Crippen LogP contribution is 2.29. The van der Waals surface area contributed by atoms with E-state index in [1.807, 2.05) is 6.92 Å². The van der Waals surface area contributed by atoms with Crippen molar-refractivity contribution >= 4 is 5.97 Å². The Morgan fingerprint density at radius 1 is 1.62 bits per heavy atom. The smallest absolute Gasteiger partial charge is 0.303 e. The fourth-order valence-corrected chi connectivity index (χ4v) is 1.79. The zero-order valence-corrected chi connectivity index (χ0v) is 9.90. The molecule has 1 saturated heterocycles. The van der Waals surface area contributed by atoms with Gasteiger partial charge in [-0.3, -0.25) is 4.79 Å². The molecule has 1 fully saturated rings. The molecule has 1 aliphatic heterocycles. The summed E-state index contributed by atoms with van der Waals surface area (Å²) in [6.45, 7) is 3.06. The Balaban J connectivity index is 2.24. The van der Waals surface area contributed by atoms with Crippen LogP contribution in [-0.2, 0) is 19.0 Å². The van der Waals surface area contributed by atoms with Gasteiger partial charge in [0.15, 0.2) is 5.79 Å². The van der Waals surface area contributed by atoms with Crippen molar-refractivity contribution in [1.82, 2.24) is 0 Å². The molecule has 0 aromatic carbocycles. The molecule has 0 spiro atoms. The van der Waals surface area contributed by atoms with Gasteiger partial charge in [-0.2, -0.15) is 0 Å². The number of hydrogen-bond acceptors (Lipinski definition) is 4. The zero-order chi connectivity index (χ0) is 12.0. The maximum absolute atomic E-state index is 10.4. The lowest BCUT2D eigenvalue weighted by atomic mass is 10.2. The van der Waals surface area contributed by atoms with Crippen molar-refractivity contribution < 1.29 is 24.1 Å². The summed E-state index contributed by atoms with van der Waals surface area (Å²) in [6.07, 6.45) is 2.18. The number of carbonyl (C=O) groups is 1. The molecule has 0 radical (unpaired) electrons. The third kappa shape index (κ3) is 4.47. The lowest BCUT2D eigenvalue weighted by Crippen LogP contribution is -2.27. The van der Waals surface area contributed by atoms with Crippen LogP contribution in [0.2, 0.25) is 0 Å². The first kappa shape index (κ1) is 13.4. The Kier molecular flexibility index (Phi) is 5.18. The van der Waals surface area contributed by atoms with Gasteiger partial charge >= 0.3 is 5.97 Å². The molecule has 0 aromatic heterocycles. The zero-order valence-electron chi connectivity index (χ0n) is 9.90. The van der Waals surface area contributed by atoms with Crippen LogP contribution in [0.25, 0.3) is 0 Å². The van der Waals surface area contributed by atoms with Crippen LogP contribution >= 0.6 is 0 Å². The van der Waals surface area contributed by atoms with Crippen LogP contribution < -0.4 is 0 Å². The van der Waals surface area contributed by atoms with Crippen LogP contribution in [0, 0.1) is 0 Å². The topological polar surface area (TPSA) is 65.0 Å². The maximum Gasteiger partial charge on any atom is 0.303 e. The number of methoxy groups -OCH3 is 1. The summed E-state index contributed by atoms with van der Waals surface area (Å²) in [5.41, 5.74) is 0. The number of rotatable bonds is 7. The molecular weight excluding hydrogens is 212 g/mol. The SMILES string of the molecule is COCCCC1(C)OCC(CCC(=O)O)O1. The molecule has 0 aromatic rings. The maximum atomic E-state index is 10.4. The van der Waals surface area contributed by atoms with Gasteiger partial charge in [0.1, 0.15) is 0 Å². The Bertz CT molecular complexity index is 230. The second-order valence-corrected chi connectivity index (χ2v) is 4.21. The van der Waals surface area contributed by atoms with Crippen molar-refractivity contribution in [2.45, 2.75) is 44.5 Å². The molecule has 2 unspecified atom stereocenters. The van der Waals surface area contributed by atoms with E-state index in [9.17, 15) is 4.79 Å². The van der Waals surface area contributed by atoms with Gasteiger partial charge in [0, 0.05) is 26.6 Å². The Hall–Kier alpha value is -0.650. The van der Waals surface area contributed by atoms with Gasteiger partial charge < -0.3 is 19.3 Å². The Morgan fingerprint density at radius 3 is 3.00 bits per heavy atom. The van der Waals surface area contributed by atoms with Gasteiger partial charge in [-0.1, -0.05) is 0 Å². The van der Waals surface area contributed by atoms with Gasteiger partial charge in [0.05, 0.1) is 12.7 Å². The van der Waals surface area contributed by atoms with Crippen molar-refractivity contribution in [2.24, 2.45) is 0 Å². The molecule has 5 nitrogen and oxygen atoms in total. The van der Waals surface area contributed by atoms with E-state index in [4.69, 9.17) is 19.3 Å². The van der Waals surface area contributed by atoms with Gasteiger partial charge in [0.2, 0.25) is 0 Å². The third-order valence-electron chi connectivity index (χ3n) is 2.65. The molecule has 1 rings (SSSR count). The van der Waals surface area contributed by atoms with Crippen molar-refractivity contribution in [1.29, 1.82) is 0 Å². The number of aliphatic carboxylic acids is 1. The molecular formula is C11H20O5. The number of hydrogen-bond donors (Lipinski definition) is 1. The standard InChI is InChI=1S/C11H20O5/c1-11(6-3-7-14-2)15-8-9(16-11)4-5-10(12)13/h9H,3-8H2,1-2H3,(H,12,13). The third-order valence-corrected chi connectivity index (χ3v) is 2.65. The quantitative estimate of drug-likeness (QED) is 0.672. The van der Waals surface area contributed by atoms with E-state index in [1.165, 1.54) is 0 Å². The van der Waals surface area contributed by atoms with Crippen LogP contribution in [0.1, 0.15) is 32.6 Å². The highest BCUT2D eigenvalue weighted by atomic mass is 16.7. The van der Waals surface area contributed by atoms with Crippen molar-refractivity contribution in [3.8, 4) is 0 Å². The summed E-state index contributed by atoms with van der Waals surface area (Å²) >= 11 is 0. The van der Waals surface area contributed by atoms with Crippen molar-refractivity contribution in [2.75, 3.05) is 20.3 Å². The lowest BCUT2D eigenvalue weighted by Gasteiger charge is -2.23. The van der Waals surface area contributed by atoms with Crippen molar-refractivity contribution in [3.05, 3.63) is 0 Å². The Labute approximate surface area is 95.7 Å². The predicted octanol–water partition coefficient (Wildman–Crippen LogP) is 1.41. The minimum atomic E-state index is -0.795. The number of carboxylic acids is 1. The van der Waals surface area contributed by atoms with E-state index in [2.05, 4.69) is 0 Å². The first-order valence-electron chi connectivity index (χ1n) is 5.58. The Morgan fingerprint density at radius 2 is 2.38 bits per heavy atom. The van der Waals surface area contributed by atoms with Crippen LogP contribution in [0.5, 0.6) is 0 Å². The second kappa shape index (κ2) is 6.18. The summed E-state index contributed by atoms with van der Waals surface area (Å²) in [5.74, 6) is -1.36. The van der Waals surface area contributed by atoms with Crippen LogP contribution in [-0.4, -0.2) is 43.3 Å². The molecule has 16 heavy (non-hydrogen) atoms. The molecule has 0 aliphatic carbocycles. The first-order chi connectivity index (χ1) is 7.56. The second-order valence-electron chi connectivity index (χ2n) is 4.21. The molecule has 1 heterocycles.